The number of para-hydroxylation sites is 1. The summed E-state index contributed by atoms with van der Waals surface area (Å²) in [6.45, 7) is 4.87. The molecule has 0 spiro atoms. The summed E-state index contributed by atoms with van der Waals surface area (Å²) in [6.07, 6.45) is 5.08. The monoisotopic (exact) mass is 530 g/mol. The molecule has 1 saturated heterocycles. The van der Waals surface area contributed by atoms with Crippen molar-refractivity contribution in [1.29, 1.82) is 0 Å². The summed E-state index contributed by atoms with van der Waals surface area (Å²) >= 11 is 6.78. The first-order valence-electron chi connectivity index (χ1n) is 12.2. The quantitative estimate of drug-likeness (QED) is 0.447. The molecule has 1 aromatic heterocycles. The van der Waals surface area contributed by atoms with Crippen LogP contribution in [0.3, 0.4) is 0 Å². The van der Waals surface area contributed by atoms with Crippen LogP contribution in [0.15, 0.2) is 59.8 Å². The molecule has 1 fully saturated rings. The van der Waals surface area contributed by atoms with Gasteiger partial charge in [0.1, 0.15) is 23.3 Å². The number of sulfonamides is 1. The Morgan fingerprint density at radius 1 is 1.19 bits per heavy atom. The number of halogens is 1. The molecule has 3 heterocycles. The molecule has 0 aliphatic carbocycles. The Labute approximate surface area is 216 Å². The average Bonchev–Trinajstić information content (AvgIpc) is 3.40. The molecule has 192 valence electrons. The Hall–Kier alpha value is -2.59. The lowest BCUT2D eigenvalue weighted by Crippen LogP contribution is -2.48. The van der Waals surface area contributed by atoms with E-state index >= 15 is 0 Å². The highest BCUT2D eigenvalue weighted by molar-refractivity contribution is 7.89. The number of imidazole rings is 1. The van der Waals surface area contributed by atoms with Crippen molar-refractivity contribution in [3.8, 4) is 5.75 Å². The number of ether oxygens (including phenoxy) is 1. The highest BCUT2D eigenvalue weighted by atomic mass is 35.5. The molecule has 5 rings (SSSR count). The zero-order valence-corrected chi connectivity index (χ0v) is 22.0. The minimum Gasteiger partial charge on any atom is -0.483 e. The fraction of sp³-hybridized carbons (Fsp3) is 0.423. The van der Waals surface area contributed by atoms with Crippen LogP contribution in [0.25, 0.3) is 0 Å². The van der Waals surface area contributed by atoms with E-state index in [4.69, 9.17) is 16.3 Å². The van der Waals surface area contributed by atoms with Crippen molar-refractivity contribution in [2.75, 3.05) is 18.0 Å². The molecule has 2 N–H and O–H groups in total. The zero-order chi connectivity index (χ0) is 25.5. The summed E-state index contributed by atoms with van der Waals surface area (Å²) in [5, 5.41) is 10.1. The number of aromatic nitrogens is 2. The van der Waals surface area contributed by atoms with E-state index in [0.717, 1.165) is 24.9 Å². The Bertz CT molecular complexity index is 1310. The van der Waals surface area contributed by atoms with E-state index in [1.807, 2.05) is 35.2 Å². The molecule has 0 saturated carbocycles. The van der Waals surface area contributed by atoms with Crippen LogP contribution in [-0.4, -0.2) is 52.6 Å². The van der Waals surface area contributed by atoms with Crippen molar-refractivity contribution in [3.05, 3.63) is 66.2 Å². The maximum atomic E-state index is 13.8. The van der Waals surface area contributed by atoms with Gasteiger partial charge in [0.05, 0.1) is 22.5 Å². The number of rotatable bonds is 6. The predicted molar refractivity (Wildman–Crippen MR) is 139 cm³/mol. The molecule has 0 amide bonds. The van der Waals surface area contributed by atoms with Crippen LogP contribution in [-0.2, 0) is 16.6 Å². The van der Waals surface area contributed by atoms with Crippen molar-refractivity contribution in [3.63, 3.8) is 0 Å². The Morgan fingerprint density at radius 2 is 1.92 bits per heavy atom. The molecule has 2 aromatic carbocycles. The van der Waals surface area contributed by atoms with E-state index in [1.54, 1.807) is 38.4 Å². The molecule has 0 radical (unpaired) electrons. The fourth-order valence-electron chi connectivity index (χ4n) is 4.83. The molecule has 2 atom stereocenters. The maximum Gasteiger partial charge on any atom is 0.243 e. The van der Waals surface area contributed by atoms with Gasteiger partial charge in [-0.2, -0.15) is 4.31 Å². The van der Waals surface area contributed by atoms with Gasteiger partial charge in [-0.1, -0.05) is 24.6 Å². The van der Waals surface area contributed by atoms with Gasteiger partial charge in [0.25, 0.3) is 0 Å². The summed E-state index contributed by atoms with van der Waals surface area (Å²) < 4.78 is 35.4. The lowest BCUT2D eigenvalue weighted by atomic mass is 9.90. The molecule has 10 heteroatoms. The van der Waals surface area contributed by atoms with Crippen LogP contribution >= 0.6 is 11.6 Å². The molecule has 2 aliphatic rings. The number of alkyl halides is 1. The number of H-pyrrole nitrogens is 1. The smallest absolute Gasteiger partial charge is 0.243 e. The molecule has 0 bridgehead atoms. The minimum absolute atomic E-state index is 0.139. The summed E-state index contributed by atoms with van der Waals surface area (Å²) in [5.41, 5.74) is 0.865. The molecule has 2 unspecified atom stereocenters. The van der Waals surface area contributed by atoms with Crippen LogP contribution in [0.5, 0.6) is 5.75 Å². The summed E-state index contributed by atoms with van der Waals surface area (Å²) in [7, 11) is -3.78. The summed E-state index contributed by atoms with van der Waals surface area (Å²) in [6, 6.07) is 12.9. The van der Waals surface area contributed by atoms with Crippen LogP contribution in [0.4, 0.5) is 11.4 Å². The van der Waals surface area contributed by atoms with Crippen LogP contribution in [0, 0.1) is 0 Å². The van der Waals surface area contributed by atoms with Crippen molar-refractivity contribution < 1.29 is 18.3 Å². The number of aromatic amines is 1. The van der Waals surface area contributed by atoms with Crippen LogP contribution in [0.2, 0.25) is 0 Å². The van der Waals surface area contributed by atoms with Crippen molar-refractivity contribution in [2.45, 2.75) is 61.6 Å². The van der Waals surface area contributed by atoms with E-state index in [-0.39, 0.29) is 4.90 Å². The van der Waals surface area contributed by atoms with Gasteiger partial charge < -0.3 is 19.7 Å². The third kappa shape index (κ3) is 4.61. The van der Waals surface area contributed by atoms with Gasteiger partial charge in [0, 0.05) is 36.7 Å². The lowest BCUT2D eigenvalue weighted by molar-refractivity contribution is -0.0439. The lowest BCUT2D eigenvalue weighted by Gasteiger charge is -2.42. The van der Waals surface area contributed by atoms with E-state index in [2.05, 4.69) is 9.97 Å². The topological polar surface area (TPSA) is 98.8 Å². The second kappa shape index (κ2) is 9.70. The highest BCUT2D eigenvalue weighted by Gasteiger charge is 2.44. The van der Waals surface area contributed by atoms with Gasteiger partial charge in [-0.15, -0.1) is 11.6 Å². The van der Waals surface area contributed by atoms with E-state index < -0.39 is 27.1 Å². The fourth-order valence-corrected chi connectivity index (χ4v) is 6.87. The Balaban J connectivity index is 1.72. The standard InChI is InChI=1S/C26H31ClN4O4S/c1-26(2)25(32)23(27)20-15-19(36(33,34)30-13-7-4-8-14-30)16-21(24(20)35-26)31(17-22-28-11-12-29-22)18-9-5-3-6-10-18/h3,5-6,9-12,15-16,23,25,32H,4,7-8,13-14,17H2,1-2H3,(H,28,29). The summed E-state index contributed by atoms with van der Waals surface area (Å²) in [4.78, 5) is 9.62. The number of piperidine rings is 1. The third-order valence-electron chi connectivity index (χ3n) is 6.90. The van der Waals surface area contributed by atoms with Gasteiger partial charge >= 0.3 is 0 Å². The molecular formula is C26H31ClN4O4S. The summed E-state index contributed by atoms with van der Waals surface area (Å²) in [5.74, 6) is 1.16. The normalized spacial score (nSPS) is 22.0. The largest absolute Gasteiger partial charge is 0.483 e. The van der Waals surface area contributed by atoms with Crippen LogP contribution in [0.1, 0.15) is 49.9 Å². The number of aliphatic hydroxyl groups is 1. The zero-order valence-electron chi connectivity index (χ0n) is 20.4. The number of fused-ring (bicyclic) bond motifs is 1. The van der Waals surface area contributed by atoms with E-state index in [9.17, 15) is 13.5 Å². The average molecular weight is 531 g/mol. The van der Waals surface area contributed by atoms with E-state index in [1.165, 1.54) is 4.31 Å². The molecule has 36 heavy (non-hydrogen) atoms. The number of benzene rings is 2. The molecule has 2 aliphatic heterocycles. The number of nitrogens with one attached hydrogen (secondary N) is 1. The van der Waals surface area contributed by atoms with Gasteiger partial charge in [-0.3, -0.25) is 0 Å². The number of aliphatic hydroxyl groups excluding tert-OH is 1. The minimum atomic E-state index is -3.78. The van der Waals surface area contributed by atoms with Crippen molar-refractivity contribution in [1.82, 2.24) is 14.3 Å². The molecular weight excluding hydrogens is 500 g/mol. The first kappa shape index (κ1) is 25.1. The SMILES string of the molecule is CC1(C)Oc2c(cc(S(=O)(=O)N3CCCCC3)cc2N(Cc2ncc[nH]2)c2ccccc2)C(Cl)C1O. The number of nitrogens with zero attached hydrogens (tertiary/aromatic N) is 3. The number of anilines is 2. The van der Waals surface area contributed by atoms with Gasteiger partial charge in [0.2, 0.25) is 10.0 Å². The maximum absolute atomic E-state index is 13.8. The van der Waals surface area contributed by atoms with E-state index in [0.29, 0.717) is 42.5 Å². The van der Waals surface area contributed by atoms with Gasteiger partial charge in [-0.25, -0.2) is 13.4 Å². The van der Waals surface area contributed by atoms with Crippen molar-refractivity contribution in [2.24, 2.45) is 0 Å². The predicted octanol–water partition coefficient (Wildman–Crippen LogP) is 4.73. The Kier molecular flexibility index (Phi) is 6.76. The van der Waals surface area contributed by atoms with Crippen LogP contribution < -0.4 is 9.64 Å². The molecule has 8 nitrogen and oxygen atoms in total. The first-order valence-corrected chi connectivity index (χ1v) is 14.1. The first-order chi connectivity index (χ1) is 17.2. The highest BCUT2D eigenvalue weighted by Crippen LogP contribution is 2.50. The second-order valence-electron chi connectivity index (χ2n) is 9.84. The van der Waals surface area contributed by atoms with Crippen molar-refractivity contribution >= 4 is 33.0 Å². The molecule has 3 aromatic rings. The van der Waals surface area contributed by atoms with Gasteiger partial charge in [-0.05, 0) is 51.0 Å². The Morgan fingerprint density at radius 3 is 2.58 bits per heavy atom. The number of hydrogen-bond acceptors (Lipinski definition) is 6. The number of hydrogen-bond donors (Lipinski definition) is 2. The third-order valence-corrected chi connectivity index (χ3v) is 9.25. The second-order valence-corrected chi connectivity index (χ2v) is 12.2. The van der Waals surface area contributed by atoms with Gasteiger partial charge in [0.15, 0.2) is 0 Å².